The maximum atomic E-state index is 13.0. The first-order valence-corrected chi connectivity index (χ1v) is 10.8. The molecule has 0 aliphatic carbocycles. The zero-order valence-corrected chi connectivity index (χ0v) is 16.9. The Bertz CT molecular complexity index is 570. The van der Waals surface area contributed by atoms with Crippen molar-refractivity contribution >= 4 is 22.7 Å². The van der Waals surface area contributed by atoms with Crippen LogP contribution < -0.4 is 4.74 Å². The Labute approximate surface area is 153 Å². The number of hydrogen-bond acceptors (Lipinski definition) is 4. The van der Waals surface area contributed by atoms with Crippen LogP contribution in [0.1, 0.15) is 47.0 Å². The topological polar surface area (TPSA) is 46.6 Å². The van der Waals surface area contributed by atoms with Crippen molar-refractivity contribution in [3.8, 4) is 5.75 Å². The summed E-state index contributed by atoms with van der Waals surface area (Å²) < 4.78 is 33.1. The molecule has 0 aliphatic heterocycles. The molecule has 1 aromatic rings. The van der Waals surface area contributed by atoms with Gasteiger partial charge in [-0.25, -0.2) is 8.42 Å². The molecule has 0 saturated carbocycles. The first-order valence-electron chi connectivity index (χ1n) is 8.68. The van der Waals surface area contributed by atoms with E-state index in [1.807, 2.05) is 6.92 Å². The Morgan fingerprint density at radius 1 is 1.17 bits per heavy atom. The molecule has 0 spiro atoms. The van der Waals surface area contributed by atoms with Crippen LogP contribution in [0.25, 0.3) is 0 Å². The van der Waals surface area contributed by atoms with Crippen molar-refractivity contribution in [2.24, 2.45) is 5.92 Å². The minimum atomic E-state index is -3.52. The maximum absolute atomic E-state index is 13.0. The smallest absolute Gasteiger partial charge is 0.243 e. The highest BCUT2D eigenvalue weighted by Gasteiger charge is 2.28. The molecule has 138 valence electrons. The molecule has 0 aliphatic rings. The summed E-state index contributed by atoms with van der Waals surface area (Å²) >= 11 is 4.28. The van der Waals surface area contributed by atoms with Gasteiger partial charge >= 0.3 is 0 Å². The lowest BCUT2D eigenvalue weighted by Crippen LogP contribution is -2.40. The van der Waals surface area contributed by atoms with Gasteiger partial charge in [0.05, 0.1) is 11.5 Å². The Morgan fingerprint density at radius 2 is 1.79 bits per heavy atom. The van der Waals surface area contributed by atoms with Crippen LogP contribution in [0.5, 0.6) is 5.75 Å². The number of nitrogens with zero attached hydrogens (tertiary/aromatic N) is 1. The van der Waals surface area contributed by atoms with E-state index in [2.05, 4.69) is 33.4 Å². The molecule has 0 unspecified atom stereocenters. The standard InChI is InChI=1S/C18H31NO3S2/c1-5-6-13-22-17-7-9-18(10-8-17)24(20,21)19(16(4)14-23)12-11-15(2)3/h7-10,15-16,23H,5-6,11-14H2,1-4H3/t16-/m1/s1. The summed E-state index contributed by atoms with van der Waals surface area (Å²) in [6.45, 7) is 9.36. The van der Waals surface area contributed by atoms with Crippen LogP contribution in [0.15, 0.2) is 29.2 Å². The Hall–Kier alpha value is -0.720. The molecular weight excluding hydrogens is 342 g/mol. The predicted octanol–water partition coefficient (Wildman–Crippen LogP) is 4.22. The lowest BCUT2D eigenvalue weighted by molar-refractivity contribution is 0.309. The average Bonchev–Trinajstić information content (AvgIpc) is 2.55. The molecule has 1 rings (SSSR count). The molecule has 0 radical (unpaired) electrons. The number of unbranched alkanes of at least 4 members (excludes halogenated alkanes) is 1. The Kier molecular flexibility index (Phi) is 9.16. The van der Waals surface area contributed by atoms with Crippen molar-refractivity contribution in [3.05, 3.63) is 24.3 Å². The molecule has 0 heterocycles. The summed E-state index contributed by atoms with van der Waals surface area (Å²) in [5.74, 6) is 1.65. The monoisotopic (exact) mass is 373 g/mol. The van der Waals surface area contributed by atoms with Crippen LogP contribution in [0.3, 0.4) is 0 Å². The van der Waals surface area contributed by atoms with Crippen LogP contribution in [0.4, 0.5) is 0 Å². The molecule has 0 amide bonds. The van der Waals surface area contributed by atoms with E-state index < -0.39 is 10.0 Å². The quantitative estimate of drug-likeness (QED) is 0.467. The number of thiol groups is 1. The number of hydrogen-bond donors (Lipinski definition) is 1. The second kappa shape index (κ2) is 10.3. The number of rotatable bonds is 11. The molecule has 4 nitrogen and oxygen atoms in total. The Balaban J connectivity index is 2.93. The third-order valence-electron chi connectivity index (χ3n) is 3.88. The van der Waals surface area contributed by atoms with Gasteiger partial charge in [-0.2, -0.15) is 16.9 Å². The van der Waals surface area contributed by atoms with Crippen molar-refractivity contribution in [2.45, 2.75) is 57.9 Å². The predicted molar refractivity (Wildman–Crippen MR) is 104 cm³/mol. The summed E-state index contributed by atoms with van der Waals surface area (Å²) in [4.78, 5) is 0.308. The number of sulfonamides is 1. The molecule has 0 bridgehead atoms. The SMILES string of the molecule is CCCCOc1ccc(S(=O)(=O)N(CCC(C)C)[C@H](C)CS)cc1. The van der Waals surface area contributed by atoms with E-state index in [0.29, 0.717) is 35.5 Å². The Morgan fingerprint density at radius 3 is 2.29 bits per heavy atom. The average molecular weight is 374 g/mol. The number of benzene rings is 1. The van der Waals surface area contributed by atoms with E-state index in [4.69, 9.17) is 4.74 Å². The zero-order chi connectivity index (χ0) is 18.2. The van der Waals surface area contributed by atoms with Gasteiger partial charge in [-0.1, -0.05) is 27.2 Å². The van der Waals surface area contributed by atoms with E-state index in [0.717, 1.165) is 19.3 Å². The van der Waals surface area contributed by atoms with Crippen LogP contribution in [-0.2, 0) is 10.0 Å². The highest BCUT2D eigenvalue weighted by atomic mass is 32.2. The van der Waals surface area contributed by atoms with Gasteiger partial charge in [0.25, 0.3) is 0 Å². The van der Waals surface area contributed by atoms with Gasteiger partial charge < -0.3 is 4.74 Å². The minimum absolute atomic E-state index is 0.141. The molecule has 24 heavy (non-hydrogen) atoms. The summed E-state index contributed by atoms with van der Waals surface area (Å²) in [5.41, 5.74) is 0. The van der Waals surface area contributed by atoms with Gasteiger partial charge in [0.2, 0.25) is 10.0 Å². The summed E-state index contributed by atoms with van der Waals surface area (Å²) in [7, 11) is -3.52. The lowest BCUT2D eigenvalue weighted by Gasteiger charge is -2.28. The molecule has 0 aromatic heterocycles. The van der Waals surface area contributed by atoms with E-state index in [1.54, 1.807) is 28.6 Å². The van der Waals surface area contributed by atoms with Gasteiger partial charge in [0.15, 0.2) is 0 Å². The summed E-state index contributed by atoms with van der Waals surface area (Å²) in [6.07, 6.45) is 2.89. The lowest BCUT2D eigenvalue weighted by atomic mass is 10.1. The van der Waals surface area contributed by atoms with Crippen molar-refractivity contribution < 1.29 is 13.2 Å². The number of ether oxygens (including phenoxy) is 1. The van der Waals surface area contributed by atoms with Crippen LogP contribution in [-0.4, -0.2) is 37.7 Å². The van der Waals surface area contributed by atoms with Crippen molar-refractivity contribution in [1.29, 1.82) is 0 Å². The highest BCUT2D eigenvalue weighted by molar-refractivity contribution is 7.89. The largest absolute Gasteiger partial charge is 0.494 e. The molecule has 0 N–H and O–H groups in total. The van der Waals surface area contributed by atoms with E-state index in [1.165, 1.54) is 0 Å². The van der Waals surface area contributed by atoms with Gasteiger partial charge in [-0.05, 0) is 49.9 Å². The van der Waals surface area contributed by atoms with Crippen LogP contribution in [0, 0.1) is 5.92 Å². The molecule has 0 fully saturated rings. The second-order valence-corrected chi connectivity index (χ2v) is 8.76. The molecule has 6 heteroatoms. The fraction of sp³-hybridized carbons (Fsp3) is 0.667. The molecule has 1 atom stereocenters. The molecular formula is C18H31NO3S2. The van der Waals surface area contributed by atoms with E-state index >= 15 is 0 Å². The van der Waals surface area contributed by atoms with Gasteiger partial charge in [-0.15, -0.1) is 0 Å². The third-order valence-corrected chi connectivity index (χ3v) is 6.44. The third kappa shape index (κ3) is 6.30. The summed E-state index contributed by atoms with van der Waals surface area (Å²) in [5, 5.41) is 0. The zero-order valence-electron chi connectivity index (χ0n) is 15.2. The molecule has 0 saturated heterocycles. The van der Waals surface area contributed by atoms with E-state index in [-0.39, 0.29) is 6.04 Å². The fourth-order valence-corrected chi connectivity index (χ4v) is 4.18. The minimum Gasteiger partial charge on any atom is -0.494 e. The van der Waals surface area contributed by atoms with Gasteiger partial charge in [0.1, 0.15) is 5.75 Å². The van der Waals surface area contributed by atoms with Gasteiger partial charge in [0, 0.05) is 18.3 Å². The van der Waals surface area contributed by atoms with Crippen molar-refractivity contribution in [1.82, 2.24) is 4.31 Å². The van der Waals surface area contributed by atoms with Crippen LogP contribution in [0.2, 0.25) is 0 Å². The normalized spacial score (nSPS) is 13.5. The first-order chi connectivity index (χ1) is 11.3. The van der Waals surface area contributed by atoms with Crippen LogP contribution >= 0.6 is 12.6 Å². The van der Waals surface area contributed by atoms with Gasteiger partial charge in [-0.3, -0.25) is 0 Å². The van der Waals surface area contributed by atoms with Crippen molar-refractivity contribution in [3.63, 3.8) is 0 Å². The maximum Gasteiger partial charge on any atom is 0.243 e. The summed E-state index contributed by atoms with van der Waals surface area (Å²) in [6, 6.07) is 6.58. The van der Waals surface area contributed by atoms with Crippen molar-refractivity contribution in [2.75, 3.05) is 18.9 Å². The van der Waals surface area contributed by atoms with E-state index in [9.17, 15) is 8.42 Å². The first kappa shape index (κ1) is 21.3. The fourth-order valence-electron chi connectivity index (χ4n) is 2.23. The highest BCUT2D eigenvalue weighted by Crippen LogP contribution is 2.23. The second-order valence-electron chi connectivity index (χ2n) is 6.50. The molecule has 1 aromatic carbocycles.